The maximum absolute atomic E-state index is 12.4. The molecule has 1 aliphatic heterocycles. The van der Waals surface area contributed by atoms with Crippen LogP contribution in [-0.4, -0.2) is 46.3 Å². The molecule has 1 unspecified atom stereocenters. The molecule has 0 aliphatic carbocycles. The Morgan fingerprint density at radius 1 is 1.48 bits per heavy atom. The van der Waals surface area contributed by atoms with E-state index in [0.717, 1.165) is 0 Å². The number of carbonyl (C=O) groups is 2. The van der Waals surface area contributed by atoms with E-state index in [1.54, 1.807) is 24.3 Å². The van der Waals surface area contributed by atoms with Crippen molar-refractivity contribution in [1.29, 1.82) is 0 Å². The average Bonchev–Trinajstić information content (AvgIpc) is 2.81. The number of aromatic nitrogens is 2. The van der Waals surface area contributed by atoms with E-state index in [2.05, 4.69) is 15.3 Å². The van der Waals surface area contributed by atoms with Crippen LogP contribution in [0.1, 0.15) is 22.5 Å². The second-order valence-electron chi connectivity index (χ2n) is 5.04. The van der Waals surface area contributed by atoms with Gasteiger partial charge >= 0.3 is 0 Å². The molecule has 3 heterocycles. The highest BCUT2D eigenvalue weighted by atomic mass is 32.1. The van der Waals surface area contributed by atoms with Crippen molar-refractivity contribution >= 4 is 39.2 Å². The molecule has 0 bridgehead atoms. The number of amides is 2. The van der Waals surface area contributed by atoms with Crippen LogP contribution in [0.5, 0.6) is 0 Å². The van der Waals surface area contributed by atoms with Gasteiger partial charge in [0.15, 0.2) is 0 Å². The number of piperidine rings is 1. The minimum atomic E-state index is -0.231. The number of nitrogen functional groups attached to an aromatic ring is 1. The molecule has 110 valence electrons. The molecule has 1 fully saturated rings. The Hall–Kier alpha value is -2.22. The number of nitrogens with zero attached hydrogens (tertiary/aromatic N) is 3. The zero-order valence-electron chi connectivity index (χ0n) is 11.5. The number of fused-ring (bicyclic) bond motifs is 1. The fourth-order valence-electron chi connectivity index (χ4n) is 2.39. The van der Waals surface area contributed by atoms with Crippen molar-refractivity contribution in [3.05, 3.63) is 17.3 Å². The number of nitrogens with two attached hydrogens (primary N) is 1. The molecule has 0 saturated carbocycles. The molecule has 2 amide bonds. The van der Waals surface area contributed by atoms with Gasteiger partial charge in [0.05, 0.1) is 5.69 Å². The molecule has 3 rings (SSSR count). The van der Waals surface area contributed by atoms with Gasteiger partial charge in [-0.25, -0.2) is 9.97 Å². The first-order chi connectivity index (χ1) is 10.1. The number of hydrogen-bond acceptors (Lipinski definition) is 6. The van der Waals surface area contributed by atoms with Crippen molar-refractivity contribution in [1.82, 2.24) is 20.2 Å². The van der Waals surface area contributed by atoms with Crippen molar-refractivity contribution in [3.8, 4) is 0 Å². The molecule has 2 aromatic rings. The summed E-state index contributed by atoms with van der Waals surface area (Å²) in [7, 11) is 1.74. The van der Waals surface area contributed by atoms with Crippen molar-refractivity contribution in [3.63, 3.8) is 0 Å². The van der Waals surface area contributed by atoms with Gasteiger partial charge < -0.3 is 16.0 Å². The van der Waals surface area contributed by atoms with Crippen LogP contribution in [0.25, 0.3) is 10.3 Å². The van der Waals surface area contributed by atoms with Crippen LogP contribution in [0.4, 0.5) is 5.69 Å². The highest BCUT2D eigenvalue weighted by molar-refractivity contribution is 7.21. The predicted molar refractivity (Wildman–Crippen MR) is 80.0 cm³/mol. The van der Waals surface area contributed by atoms with Crippen LogP contribution in [0.15, 0.2) is 12.4 Å². The summed E-state index contributed by atoms with van der Waals surface area (Å²) in [6, 6.07) is -0.0502. The van der Waals surface area contributed by atoms with Gasteiger partial charge in [0.2, 0.25) is 5.91 Å². The lowest BCUT2D eigenvalue weighted by atomic mass is 10.1. The molecular formula is C13H15N5O2S. The Balaban J connectivity index is 1.78. The summed E-state index contributed by atoms with van der Waals surface area (Å²) in [6.07, 6.45) is 4.22. The first kappa shape index (κ1) is 13.7. The Kier molecular flexibility index (Phi) is 3.46. The van der Waals surface area contributed by atoms with Gasteiger partial charge in [-0.05, 0) is 6.42 Å². The van der Waals surface area contributed by atoms with Crippen molar-refractivity contribution in [2.45, 2.75) is 18.9 Å². The lowest BCUT2D eigenvalue weighted by molar-refractivity contribution is -0.132. The summed E-state index contributed by atoms with van der Waals surface area (Å²) < 4.78 is 0. The lowest BCUT2D eigenvalue weighted by Crippen LogP contribution is -2.48. The molecular weight excluding hydrogens is 290 g/mol. The van der Waals surface area contributed by atoms with Crippen LogP contribution in [0.2, 0.25) is 0 Å². The van der Waals surface area contributed by atoms with Gasteiger partial charge in [-0.1, -0.05) is 0 Å². The Bertz CT molecular complexity index is 714. The number of anilines is 1. The van der Waals surface area contributed by atoms with Crippen molar-refractivity contribution in [2.24, 2.45) is 0 Å². The number of rotatable bonds is 2. The maximum Gasteiger partial charge on any atom is 0.263 e. The molecule has 0 aromatic carbocycles. The normalized spacial score (nSPS) is 19.0. The molecule has 1 saturated heterocycles. The highest BCUT2D eigenvalue weighted by Crippen LogP contribution is 2.30. The summed E-state index contributed by atoms with van der Waals surface area (Å²) in [4.78, 5) is 34.8. The topological polar surface area (TPSA) is 101 Å². The van der Waals surface area contributed by atoms with Crippen molar-refractivity contribution in [2.75, 3.05) is 19.3 Å². The van der Waals surface area contributed by atoms with E-state index in [-0.39, 0.29) is 17.9 Å². The fourth-order valence-corrected chi connectivity index (χ4v) is 3.32. The molecule has 8 heteroatoms. The van der Waals surface area contributed by atoms with Crippen LogP contribution in [-0.2, 0) is 4.79 Å². The summed E-state index contributed by atoms with van der Waals surface area (Å²) in [5, 5.41) is 2.93. The molecule has 2 aromatic heterocycles. The van der Waals surface area contributed by atoms with E-state index >= 15 is 0 Å². The summed E-state index contributed by atoms with van der Waals surface area (Å²) in [5.41, 5.74) is 6.90. The third-order valence-electron chi connectivity index (χ3n) is 3.53. The minimum Gasteiger partial charge on any atom is -0.396 e. The third-order valence-corrected chi connectivity index (χ3v) is 4.63. The zero-order chi connectivity index (χ0) is 15.0. The van der Waals surface area contributed by atoms with Gasteiger partial charge in [-0.2, -0.15) is 0 Å². The first-order valence-corrected chi connectivity index (χ1v) is 7.41. The van der Waals surface area contributed by atoms with Gasteiger partial charge in [0.25, 0.3) is 5.91 Å². The number of carbonyl (C=O) groups excluding carboxylic acids is 2. The largest absolute Gasteiger partial charge is 0.396 e. The summed E-state index contributed by atoms with van der Waals surface area (Å²) in [5.74, 6) is -0.125. The SMILES string of the molecule is CN1CC(NC(=O)c2sc3nccnc3c2N)CCC1=O. The Morgan fingerprint density at radius 3 is 2.95 bits per heavy atom. The van der Waals surface area contributed by atoms with E-state index in [1.165, 1.54) is 11.3 Å². The summed E-state index contributed by atoms with van der Waals surface area (Å²) >= 11 is 1.23. The molecule has 0 radical (unpaired) electrons. The quantitative estimate of drug-likeness (QED) is 0.847. The summed E-state index contributed by atoms with van der Waals surface area (Å²) in [6.45, 7) is 0.520. The Morgan fingerprint density at radius 2 is 2.24 bits per heavy atom. The van der Waals surface area contributed by atoms with E-state index in [9.17, 15) is 9.59 Å². The molecule has 7 nitrogen and oxygen atoms in total. The number of nitrogens with one attached hydrogen (secondary N) is 1. The van der Waals surface area contributed by atoms with E-state index in [1.807, 2.05) is 0 Å². The third kappa shape index (κ3) is 2.54. The lowest BCUT2D eigenvalue weighted by Gasteiger charge is -2.30. The Labute approximate surface area is 125 Å². The zero-order valence-corrected chi connectivity index (χ0v) is 12.3. The second-order valence-corrected chi connectivity index (χ2v) is 6.04. The predicted octanol–water partition coefficient (Wildman–Crippen LogP) is 0.624. The smallest absolute Gasteiger partial charge is 0.263 e. The molecule has 1 atom stereocenters. The maximum atomic E-state index is 12.4. The minimum absolute atomic E-state index is 0.0502. The first-order valence-electron chi connectivity index (χ1n) is 6.60. The van der Waals surface area contributed by atoms with Crippen molar-refractivity contribution < 1.29 is 9.59 Å². The van der Waals surface area contributed by atoms with Gasteiger partial charge in [0.1, 0.15) is 15.2 Å². The van der Waals surface area contributed by atoms with Crippen LogP contribution in [0, 0.1) is 0 Å². The van der Waals surface area contributed by atoms with Gasteiger partial charge in [0, 0.05) is 38.4 Å². The van der Waals surface area contributed by atoms with Crippen LogP contribution >= 0.6 is 11.3 Å². The number of hydrogen-bond donors (Lipinski definition) is 2. The molecule has 0 spiro atoms. The number of likely N-dealkylation sites (tertiary alicyclic amines) is 1. The molecule has 3 N–H and O–H groups in total. The number of likely N-dealkylation sites (N-methyl/N-ethyl adjacent to an activating group) is 1. The van der Waals surface area contributed by atoms with Crippen LogP contribution in [0.3, 0.4) is 0 Å². The van der Waals surface area contributed by atoms with E-state index < -0.39 is 0 Å². The van der Waals surface area contributed by atoms with Gasteiger partial charge in [-0.15, -0.1) is 11.3 Å². The van der Waals surface area contributed by atoms with Gasteiger partial charge in [-0.3, -0.25) is 9.59 Å². The van der Waals surface area contributed by atoms with E-state index in [4.69, 9.17) is 5.73 Å². The highest BCUT2D eigenvalue weighted by Gasteiger charge is 2.26. The fraction of sp³-hybridized carbons (Fsp3) is 0.385. The monoisotopic (exact) mass is 305 g/mol. The second kappa shape index (κ2) is 5.28. The molecule has 21 heavy (non-hydrogen) atoms. The van der Waals surface area contributed by atoms with Crippen LogP contribution < -0.4 is 11.1 Å². The van der Waals surface area contributed by atoms with E-state index in [0.29, 0.717) is 40.3 Å². The molecule has 1 aliphatic rings. The average molecular weight is 305 g/mol. The number of thiophene rings is 1. The standard InChI is InChI=1S/C13H15N5O2S/c1-18-6-7(2-3-8(18)19)17-12(20)11-9(14)10-13(21-11)16-5-4-15-10/h4-5,7H,2-3,6,14H2,1H3,(H,17,20).